The Bertz CT molecular complexity index is 331. The third kappa shape index (κ3) is 2.93. The summed E-state index contributed by atoms with van der Waals surface area (Å²) in [4.78, 5) is 4.27. The summed E-state index contributed by atoms with van der Waals surface area (Å²) in [6, 6.07) is 3.87. The largest absolute Gasteiger partial charge is 0.397 e. The van der Waals surface area contributed by atoms with Crippen LogP contribution in [0.1, 0.15) is 19.0 Å². The van der Waals surface area contributed by atoms with Gasteiger partial charge in [0.1, 0.15) is 0 Å². The minimum absolute atomic E-state index is 0.147. The van der Waals surface area contributed by atoms with Gasteiger partial charge in [-0.25, -0.2) is 0 Å². The van der Waals surface area contributed by atoms with E-state index in [2.05, 4.69) is 17.2 Å². The van der Waals surface area contributed by atoms with Crippen LogP contribution in [0.5, 0.6) is 0 Å². The van der Waals surface area contributed by atoms with Crippen molar-refractivity contribution in [1.29, 1.82) is 0 Å². The van der Waals surface area contributed by atoms with Crippen LogP contribution >= 0.6 is 0 Å². The highest BCUT2D eigenvalue weighted by atomic mass is 16.5. The van der Waals surface area contributed by atoms with Gasteiger partial charge < -0.3 is 15.8 Å². The van der Waals surface area contributed by atoms with E-state index >= 15 is 0 Å². The van der Waals surface area contributed by atoms with Crippen LogP contribution in [0.3, 0.4) is 0 Å². The second kappa shape index (κ2) is 4.80. The maximum absolute atomic E-state index is 5.58. The van der Waals surface area contributed by atoms with Crippen molar-refractivity contribution in [3.05, 3.63) is 24.0 Å². The number of rotatable bonds is 4. The molecule has 0 spiro atoms. The molecule has 1 aliphatic rings. The molecule has 4 heteroatoms. The molecule has 2 heterocycles. The molecule has 0 saturated carbocycles. The van der Waals surface area contributed by atoms with Crippen LogP contribution in [0, 0.1) is 0 Å². The van der Waals surface area contributed by atoms with E-state index in [9.17, 15) is 0 Å². The van der Waals surface area contributed by atoms with E-state index in [1.807, 2.05) is 12.1 Å². The molecule has 4 nitrogen and oxygen atoms in total. The van der Waals surface area contributed by atoms with Gasteiger partial charge in [0, 0.05) is 30.8 Å². The van der Waals surface area contributed by atoms with Crippen molar-refractivity contribution < 1.29 is 4.74 Å². The van der Waals surface area contributed by atoms with Gasteiger partial charge in [0.2, 0.25) is 0 Å². The molecule has 0 radical (unpaired) electrons. The highest BCUT2D eigenvalue weighted by molar-refractivity contribution is 5.34. The average Bonchev–Trinajstić information content (AvgIpc) is 2.69. The van der Waals surface area contributed by atoms with Crippen LogP contribution in [-0.4, -0.2) is 30.3 Å². The van der Waals surface area contributed by atoms with E-state index in [1.165, 1.54) is 0 Å². The molecule has 1 aromatic heterocycles. The molecule has 1 aromatic rings. The molecule has 1 aliphatic heterocycles. The van der Waals surface area contributed by atoms with Crippen LogP contribution in [0.25, 0.3) is 0 Å². The Balaban J connectivity index is 1.77. The van der Waals surface area contributed by atoms with Gasteiger partial charge in [0.25, 0.3) is 0 Å². The van der Waals surface area contributed by atoms with Gasteiger partial charge in [0.15, 0.2) is 0 Å². The number of anilines is 1. The summed E-state index contributed by atoms with van der Waals surface area (Å²) in [7, 11) is 0. The van der Waals surface area contributed by atoms with E-state index in [0.29, 0.717) is 5.69 Å². The van der Waals surface area contributed by atoms with E-state index in [4.69, 9.17) is 10.5 Å². The van der Waals surface area contributed by atoms with E-state index in [0.717, 1.165) is 38.3 Å². The van der Waals surface area contributed by atoms with Gasteiger partial charge in [-0.2, -0.15) is 0 Å². The third-order valence-electron chi connectivity index (χ3n) is 3.00. The first-order valence-electron chi connectivity index (χ1n) is 5.71. The standard InChI is InChI=1S/C12H19N3O/c1-12(5-7-16-9-12)15-6-4-11-3-2-10(13)8-14-11/h2-3,8,15H,4-7,9,13H2,1H3. The van der Waals surface area contributed by atoms with Crippen molar-refractivity contribution in [2.75, 3.05) is 25.5 Å². The molecule has 0 aromatic carbocycles. The van der Waals surface area contributed by atoms with Crippen molar-refractivity contribution in [2.45, 2.75) is 25.3 Å². The number of pyridine rings is 1. The molecule has 0 bridgehead atoms. The summed E-state index contributed by atoms with van der Waals surface area (Å²) in [5.74, 6) is 0. The lowest BCUT2D eigenvalue weighted by atomic mass is 10.0. The summed E-state index contributed by atoms with van der Waals surface area (Å²) in [6.45, 7) is 4.80. The highest BCUT2D eigenvalue weighted by Crippen LogP contribution is 2.17. The normalized spacial score (nSPS) is 24.8. The molecule has 1 atom stereocenters. The monoisotopic (exact) mass is 221 g/mol. The van der Waals surface area contributed by atoms with Crippen molar-refractivity contribution in [3.8, 4) is 0 Å². The van der Waals surface area contributed by atoms with Gasteiger partial charge in [-0.3, -0.25) is 4.98 Å². The summed E-state index contributed by atoms with van der Waals surface area (Å²) in [6.07, 6.45) is 3.72. The average molecular weight is 221 g/mol. The predicted octanol–water partition coefficient (Wildman–Crippen LogP) is 0.975. The maximum atomic E-state index is 5.58. The first-order valence-corrected chi connectivity index (χ1v) is 5.71. The topological polar surface area (TPSA) is 60.2 Å². The number of nitrogens with one attached hydrogen (secondary N) is 1. The second-order valence-electron chi connectivity index (χ2n) is 4.62. The first-order chi connectivity index (χ1) is 7.68. The lowest BCUT2D eigenvalue weighted by molar-refractivity contribution is 0.172. The summed E-state index contributed by atoms with van der Waals surface area (Å²) in [5.41, 5.74) is 7.52. The zero-order chi connectivity index (χ0) is 11.4. The number of aromatic nitrogens is 1. The molecule has 16 heavy (non-hydrogen) atoms. The van der Waals surface area contributed by atoms with Gasteiger partial charge in [-0.15, -0.1) is 0 Å². The van der Waals surface area contributed by atoms with Crippen molar-refractivity contribution in [1.82, 2.24) is 10.3 Å². The smallest absolute Gasteiger partial charge is 0.0646 e. The predicted molar refractivity (Wildman–Crippen MR) is 64.2 cm³/mol. The Hall–Kier alpha value is -1.13. The number of nitrogen functional groups attached to an aromatic ring is 1. The third-order valence-corrected chi connectivity index (χ3v) is 3.00. The summed E-state index contributed by atoms with van der Waals surface area (Å²) in [5, 5.41) is 3.52. The Morgan fingerprint density at radius 1 is 1.56 bits per heavy atom. The Morgan fingerprint density at radius 2 is 2.44 bits per heavy atom. The quantitative estimate of drug-likeness (QED) is 0.795. The fourth-order valence-electron chi connectivity index (χ4n) is 1.88. The molecule has 1 saturated heterocycles. The van der Waals surface area contributed by atoms with E-state index < -0.39 is 0 Å². The van der Waals surface area contributed by atoms with E-state index in [-0.39, 0.29) is 5.54 Å². The minimum Gasteiger partial charge on any atom is -0.397 e. The van der Waals surface area contributed by atoms with Crippen LogP contribution < -0.4 is 11.1 Å². The van der Waals surface area contributed by atoms with Crippen LogP contribution in [0.4, 0.5) is 5.69 Å². The fraction of sp³-hybridized carbons (Fsp3) is 0.583. The summed E-state index contributed by atoms with van der Waals surface area (Å²) < 4.78 is 5.38. The molecule has 0 aliphatic carbocycles. The molecular weight excluding hydrogens is 202 g/mol. The molecule has 2 rings (SSSR count). The second-order valence-corrected chi connectivity index (χ2v) is 4.62. The zero-order valence-electron chi connectivity index (χ0n) is 9.70. The maximum Gasteiger partial charge on any atom is 0.0646 e. The van der Waals surface area contributed by atoms with Crippen LogP contribution in [0.15, 0.2) is 18.3 Å². The van der Waals surface area contributed by atoms with Gasteiger partial charge in [0.05, 0.1) is 18.5 Å². The minimum atomic E-state index is 0.147. The van der Waals surface area contributed by atoms with Gasteiger partial charge in [-0.05, 0) is 25.5 Å². The van der Waals surface area contributed by atoms with Crippen molar-refractivity contribution in [3.63, 3.8) is 0 Å². The molecule has 88 valence electrons. The number of hydrogen-bond acceptors (Lipinski definition) is 4. The van der Waals surface area contributed by atoms with Crippen LogP contribution in [-0.2, 0) is 11.2 Å². The Kier molecular flexibility index (Phi) is 3.41. The van der Waals surface area contributed by atoms with Gasteiger partial charge >= 0.3 is 0 Å². The van der Waals surface area contributed by atoms with Crippen molar-refractivity contribution in [2.24, 2.45) is 0 Å². The number of nitrogens with zero attached hydrogens (tertiary/aromatic N) is 1. The highest BCUT2D eigenvalue weighted by Gasteiger charge is 2.28. The Morgan fingerprint density at radius 3 is 3.06 bits per heavy atom. The van der Waals surface area contributed by atoms with Gasteiger partial charge in [-0.1, -0.05) is 0 Å². The Labute approximate surface area is 96.2 Å². The first kappa shape index (κ1) is 11.4. The SMILES string of the molecule is CC1(NCCc2ccc(N)cn2)CCOC1. The van der Waals surface area contributed by atoms with Crippen LogP contribution in [0.2, 0.25) is 0 Å². The number of hydrogen-bond donors (Lipinski definition) is 2. The molecule has 3 N–H and O–H groups in total. The summed E-state index contributed by atoms with van der Waals surface area (Å²) >= 11 is 0. The number of nitrogens with two attached hydrogens (primary N) is 1. The fourth-order valence-corrected chi connectivity index (χ4v) is 1.88. The molecule has 1 unspecified atom stereocenters. The molecule has 0 amide bonds. The zero-order valence-corrected chi connectivity index (χ0v) is 9.70. The van der Waals surface area contributed by atoms with E-state index in [1.54, 1.807) is 6.20 Å². The number of ether oxygens (including phenoxy) is 1. The molecular formula is C12H19N3O. The lowest BCUT2D eigenvalue weighted by Crippen LogP contribution is -2.43. The lowest BCUT2D eigenvalue weighted by Gasteiger charge is -2.23. The van der Waals surface area contributed by atoms with Crippen molar-refractivity contribution >= 4 is 5.69 Å². The molecule has 1 fully saturated rings.